The van der Waals surface area contributed by atoms with Gasteiger partial charge in [-0.1, -0.05) is 0 Å². The number of hydrogen-bond donors (Lipinski definition) is 3. The number of rotatable bonds is 10. The van der Waals surface area contributed by atoms with Gasteiger partial charge in [-0.05, 0) is 0 Å². The molecule has 2 aromatic carbocycles. The molecule has 0 aromatic heterocycles. The zero-order valence-corrected chi connectivity index (χ0v) is 16.9. The molecule has 0 bridgehead atoms. The van der Waals surface area contributed by atoms with E-state index in [1.54, 1.807) is 42.5 Å². The number of benzene rings is 2. The number of unbranched alkanes of at least 4 members (excludes halogenated alkanes) is 4. The fraction of sp³-hybridized carbons (Fsp3) is 0.455. The van der Waals surface area contributed by atoms with E-state index in [0.717, 1.165) is 30.7 Å². The van der Waals surface area contributed by atoms with Crippen LogP contribution >= 0.6 is 7.28 Å². The van der Waals surface area contributed by atoms with Crippen LogP contribution in [0.15, 0.2) is 54.6 Å². The van der Waals surface area contributed by atoms with Gasteiger partial charge in [-0.2, -0.15) is 0 Å². The second kappa shape index (κ2) is 9.10. The third-order valence-corrected chi connectivity index (χ3v) is 7.47. The Bertz CT molecular complexity index is 675. The van der Waals surface area contributed by atoms with E-state index in [1.165, 1.54) is 25.7 Å². The Labute approximate surface area is 157 Å². The normalized spacial score (nSPS) is 13.5. The molecule has 3 nitrogen and oxygen atoms in total. The predicted molar refractivity (Wildman–Crippen MR) is 112 cm³/mol. The van der Waals surface area contributed by atoms with Gasteiger partial charge in [0.05, 0.1) is 0 Å². The van der Waals surface area contributed by atoms with Gasteiger partial charge in [-0.3, -0.25) is 0 Å². The fourth-order valence-electron chi connectivity index (χ4n) is 3.36. The summed E-state index contributed by atoms with van der Waals surface area (Å²) in [5, 5.41) is 0.448. The zero-order valence-electron chi connectivity index (χ0n) is 16.0. The first-order valence-corrected chi connectivity index (χ1v) is 11.8. The molecule has 4 heteroatoms. The molecule has 26 heavy (non-hydrogen) atoms. The third kappa shape index (κ3) is 5.62. The first kappa shape index (κ1) is 21.1. The molecule has 0 amide bonds. The van der Waals surface area contributed by atoms with Crippen molar-refractivity contribution in [2.75, 3.05) is 0 Å². The van der Waals surface area contributed by atoms with Crippen molar-refractivity contribution < 1.29 is 14.7 Å². The van der Waals surface area contributed by atoms with Crippen molar-refractivity contribution in [3.63, 3.8) is 0 Å². The molecule has 0 unspecified atom stereocenters. The van der Waals surface area contributed by atoms with Crippen LogP contribution < -0.4 is 10.6 Å². The Kier molecular flexibility index (Phi) is 7.37. The summed E-state index contributed by atoms with van der Waals surface area (Å²) in [7, 11) is -5.08. The molecule has 2 aromatic rings. The molecule has 0 aliphatic heterocycles. The van der Waals surface area contributed by atoms with Gasteiger partial charge in [-0.25, -0.2) is 0 Å². The Morgan fingerprint density at radius 3 is 2.00 bits per heavy atom. The summed E-state index contributed by atoms with van der Waals surface area (Å²) in [4.78, 5) is 32.6. The molecule has 0 saturated carbocycles. The van der Waals surface area contributed by atoms with Crippen LogP contribution in [0.5, 0.6) is 0 Å². The van der Waals surface area contributed by atoms with Gasteiger partial charge < -0.3 is 0 Å². The summed E-state index contributed by atoms with van der Waals surface area (Å²) < 4.78 is 0. The van der Waals surface area contributed by atoms with Gasteiger partial charge in [0, 0.05) is 0 Å². The van der Waals surface area contributed by atoms with Crippen LogP contribution in [0.4, 0.5) is 0 Å². The van der Waals surface area contributed by atoms with Crippen LogP contribution in [-0.4, -0.2) is 14.7 Å². The van der Waals surface area contributed by atoms with E-state index in [4.69, 9.17) is 0 Å². The Morgan fingerprint density at radius 1 is 0.731 bits per heavy atom. The van der Waals surface area contributed by atoms with Gasteiger partial charge in [0.1, 0.15) is 0 Å². The van der Waals surface area contributed by atoms with E-state index >= 15 is 0 Å². The van der Waals surface area contributed by atoms with Crippen LogP contribution in [0.1, 0.15) is 57.9 Å². The van der Waals surface area contributed by atoms with Crippen LogP contribution in [-0.2, 0) is 6.42 Å². The topological polar surface area (TPSA) is 60.7 Å². The molecule has 3 N–H and O–H groups in total. The molecule has 0 aliphatic carbocycles. The molecule has 0 radical (unpaired) electrons. The SMILES string of the molecule is CC(C)CCCCCCCc1ccccc1P(O)(O)(O)c1ccccc1. The molecule has 0 heterocycles. The van der Waals surface area contributed by atoms with E-state index in [1.807, 2.05) is 12.1 Å². The first-order valence-electron chi connectivity index (χ1n) is 9.70. The molecular formula is C22H33O3P. The Hall–Kier alpha value is -1.25. The van der Waals surface area contributed by atoms with Crippen molar-refractivity contribution >= 4 is 17.9 Å². The number of aryl methyl sites for hydroxylation is 1. The maximum atomic E-state index is 10.9. The molecule has 0 spiro atoms. The fourth-order valence-corrected chi connectivity index (χ4v) is 5.44. The molecule has 0 atom stereocenters. The first-order chi connectivity index (χ1) is 12.3. The van der Waals surface area contributed by atoms with Gasteiger partial charge in [-0.15, -0.1) is 0 Å². The van der Waals surface area contributed by atoms with E-state index in [-0.39, 0.29) is 10.6 Å². The predicted octanol–water partition coefficient (Wildman–Crippen LogP) is 4.45. The Balaban J connectivity index is 2.02. The van der Waals surface area contributed by atoms with E-state index in [0.29, 0.717) is 0 Å². The summed E-state index contributed by atoms with van der Waals surface area (Å²) in [6, 6.07) is 15.5. The van der Waals surface area contributed by atoms with Crippen LogP contribution in [0.25, 0.3) is 0 Å². The van der Waals surface area contributed by atoms with Crippen LogP contribution in [0.2, 0.25) is 0 Å². The van der Waals surface area contributed by atoms with Crippen molar-refractivity contribution in [1.82, 2.24) is 0 Å². The summed E-state index contributed by atoms with van der Waals surface area (Å²) in [5.41, 5.74) is 0.823. The minimum atomic E-state index is -5.08. The van der Waals surface area contributed by atoms with Crippen molar-refractivity contribution in [1.29, 1.82) is 0 Å². The molecule has 0 saturated heterocycles. The molecule has 144 valence electrons. The second-order valence-electron chi connectivity index (χ2n) is 7.64. The Morgan fingerprint density at radius 2 is 1.31 bits per heavy atom. The van der Waals surface area contributed by atoms with Crippen molar-refractivity contribution in [3.05, 3.63) is 60.2 Å². The zero-order chi connectivity index (χ0) is 19.1. The van der Waals surface area contributed by atoms with E-state index < -0.39 is 7.28 Å². The van der Waals surface area contributed by atoms with Gasteiger partial charge >= 0.3 is 157 Å². The van der Waals surface area contributed by atoms with Gasteiger partial charge in [0.25, 0.3) is 0 Å². The molecule has 2 rings (SSSR count). The van der Waals surface area contributed by atoms with E-state index in [9.17, 15) is 14.7 Å². The van der Waals surface area contributed by atoms with Gasteiger partial charge in [0.15, 0.2) is 0 Å². The van der Waals surface area contributed by atoms with Gasteiger partial charge in [0.2, 0.25) is 0 Å². The van der Waals surface area contributed by atoms with Crippen molar-refractivity contribution in [3.8, 4) is 0 Å². The maximum absolute atomic E-state index is 10.9. The van der Waals surface area contributed by atoms with E-state index in [2.05, 4.69) is 13.8 Å². The average molecular weight is 376 g/mol. The summed E-state index contributed by atoms with van der Waals surface area (Å²) in [6.45, 7) is 4.52. The van der Waals surface area contributed by atoms with Crippen LogP contribution in [0.3, 0.4) is 0 Å². The molecule has 0 fully saturated rings. The third-order valence-electron chi connectivity index (χ3n) is 4.89. The number of hydrogen-bond acceptors (Lipinski definition) is 3. The summed E-state index contributed by atoms with van der Waals surface area (Å²) in [6.07, 6.45) is 7.87. The van der Waals surface area contributed by atoms with Crippen molar-refractivity contribution in [2.45, 2.75) is 58.8 Å². The minimum absolute atomic E-state index is 0.180. The van der Waals surface area contributed by atoms with Crippen LogP contribution in [0, 0.1) is 5.92 Å². The van der Waals surface area contributed by atoms with Crippen molar-refractivity contribution in [2.24, 2.45) is 5.92 Å². The molecule has 0 aliphatic rings. The second-order valence-corrected chi connectivity index (χ2v) is 10.6. The standard InChI is InChI=1S/C22H33O3P/c1-19(2)13-7-4-3-5-8-14-20-15-11-12-18-22(20)26(23,24,25)21-16-9-6-10-17-21/h6,9-12,15-19,23-25H,3-5,7-8,13-14H2,1-2H3. The quantitative estimate of drug-likeness (QED) is 0.424. The average Bonchev–Trinajstić information content (AvgIpc) is 2.61. The summed E-state index contributed by atoms with van der Waals surface area (Å²) >= 11 is 0. The molecular weight excluding hydrogens is 343 g/mol. The monoisotopic (exact) mass is 376 g/mol. The summed E-state index contributed by atoms with van der Waals surface area (Å²) in [5.74, 6) is 0.771.